The Hall–Kier alpha value is -1.07. The summed E-state index contributed by atoms with van der Waals surface area (Å²) in [6.07, 6.45) is 1.79. The van der Waals surface area contributed by atoms with E-state index in [0.717, 1.165) is 0 Å². The predicted molar refractivity (Wildman–Crippen MR) is 96.5 cm³/mol. The summed E-state index contributed by atoms with van der Waals surface area (Å²) < 4.78 is 4.99. The zero-order valence-electron chi connectivity index (χ0n) is 15.7. The Morgan fingerprint density at radius 1 is 1.26 bits per heavy atom. The van der Waals surface area contributed by atoms with E-state index < -0.39 is 6.04 Å². The topological polar surface area (TPSA) is 72.6 Å². The summed E-state index contributed by atoms with van der Waals surface area (Å²) in [7, 11) is 1.73. The van der Waals surface area contributed by atoms with Crippen molar-refractivity contribution in [3.63, 3.8) is 0 Å². The first kappa shape index (κ1) is 24.2. The summed E-state index contributed by atoms with van der Waals surface area (Å²) in [5.41, 5.74) is 6.26. The number of halogens is 1. The molecule has 0 saturated carbocycles. The second-order valence-electron chi connectivity index (χ2n) is 7.10. The Morgan fingerprint density at radius 2 is 1.74 bits per heavy atom. The van der Waals surface area contributed by atoms with Gasteiger partial charge in [0, 0.05) is 12.6 Å². The number of carbonyl (C=O) groups excluding carboxylic acids is 2. The average molecular weight is 349 g/mol. The summed E-state index contributed by atoms with van der Waals surface area (Å²) in [5, 5.41) is 0. The maximum Gasteiger partial charge on any atom is 0.333 e. The Balaban J connectivity index is 0. The van der Waals surface area contributed by atoms with Crippen molar-refractivity contribution in [1.82, 2.24) is 4.90 Å². The number of esters is 1. The van der Waals surface area contributed by atoms with Gasteiger partial charge in [-0.3, -0.25) is 4.79 Å². The number of nitrogens with two attached hydrogens (primary N) is 1. The molecule has 0 heterocycles. The van der Waals surface area contributed by atoms with Crippen molar-refractivity contribution >= 4 is 24.3 Å². The van der Waals surface area contributed by atoms with E-state index in [2.05, 4.69) is 0 Å². The fourth-order valence-corrected chi connectivity index (χ4v) is 2.06. The molecule has 2 atom stereocenters. The molecular weight excluding hydrogens is 316 g/mol. The van der Waals surface area contributed by atoms with Gasteiger partial charge in [-0.05, 0) is 25.2 Å². The van der Waals surface area contributed by atoms with Gasteiger partial charge in [-0.2, -0.15) is 0 Å². The first-order valence-electron chi connectivity index (χ1n) is 7.81. The predicted octanol–water partition coefficient (Wildman–Crippen LogP) is 2.77. The van der Waals surface area contributed by atoms with Gasteiger partial charge in [-0.25, -0.2) is 4.79 Å². The van der Waals surface area contributed by atoms with Crippen LogP contribution in [0, 0.1) is 11.3 Å². The van der Waals surface area contributed by atoms with Gasteiger partial charge >= 0.3 is 5.97 Å². The van der Waals surface area contributed by atoms with Crippen LogP contribution in [0.4, 0.5) is 0 Å². The number of carbonyl (C=O) groups is 2. The van der Waals surface area contributed by atoms with Crippen LogP contribution in [-0.4, -0.2) is 42.5 Å². The van der Waals surface area contributed by atoms with Crippen molar-refractivity contribution in [2.24, 2.45) is 17.1 Å². The number of rotatable bonds is 6. The molecule has 0 radical (unpaired) electrons. The maximum atomic E-state index is 12.6. The van der Waals surface area contributed by atoms with Crippen LogP contribution in [0.3, 0.4) is 0 Å². The Kier molecular flexibility index (Phi) is 10.4. The molecule has 0 aliphatic rings. The molecule has 136 valence electrons. The molecule has 23 heavy (non-hydrogen) atoms. The van der Waals surface area contributed by atoms with E-state index in [9.17, 15) is 9.59 Å². The van der Waals surface area contributed by atoms with E-state index in [4.69, 9.17) is 10.5 Å². The summed E-state index contributed by atoms with van der Waals surface area (Å²) in [4.78, 5) is 26.0. The van der Waals surface area contributed by atoms with Gasteiger partial charge < -0.3 is 15.4 Å². The Bertz CT molecular complexity index is 428. The van der Waals surface area contributed by atoms with E-state index in [1.807, 2.05) is 34.6 Å². The Labute approximate surface area is 147 Å². The molecule has 0 rings (SSSR count). The number of hydrogen-bond donors (Lipinski definition) is 1. The van der Waals surface area contributed by atoms with Crippen LogP contribution >= 0.6 is 12.4 Å². The van der Waals surface area contributed by atoms with Gasteiger partial charge in [0.15, 0.2) is 0 Å². The number of nitrogens with zero attached hydrogens (tertiary/aromatic N) is 1. The molecule has 0 saturated heterocycles. The molecule has 0 aliphatic carbocycles. The van der Waals surface area contributed by atoms with Gasteiger partial charge in [0.05, 0.1) is 18.7 Å². The van der Waals surface area contributed by atoms with Crippen LogP contribution in [0.1, 0.15) is 48.5 Å². The molecule has 0 aromatic heterocycles. The number of hydrogen-bond acceptors (Lipinski definition) is 4. The molecule has 2 N–H and O–H groups in total. The molecule has 1 amide bonds. The lowest BCUT2D eigenvalue weighted by Crippen LogP contribution is -2.52. The van der Waals surface area contributed by atoms with Crippen LogP contribution in [0.2, 0.25) is 0 Å². The second kappa shape index (κ2) is 9.93. The van der Waals surface area contributed by atoms with Crippen LogP contribution in [-0.2, 0) is 14.3 Å². The zero-order chi connectivity index (χ0) is 17.7. The monoisotopic (exact) mass is 348 g/mol. The normalized spacial score (nSPS) is 14.8. The number of amides is 1. The highest BCUT2D eigenvalue weighted by atomic mass is 35.5. The van der Waals surface area contributed by atoms with E-state index in [-0.39, 0.29) is 41.7 Å². The number of likely N-dealkylation sites (N-methyl/N-ethyl adjacent to an activating group) is 1. The summed E-state index contributed by atoms with van der Waals surface area (Å²) >= 11 is 0. The lowest BCUT2D eigenvalue weighted by atomic mass is 9.86. The van der Waals surface area contributed by atoms with Crippen molar-refractivity contribution < 1.29 is 14.3 Å². The van der Waals surface area contributed by atoms with Crippen LogP contribution < -0.4 is 5.73 Å². The standard InChI is InChI=1S/C17H32N2O3.ClH/c1-9-22-16(21)12(4)10-13(11(2)3)19(8)15(20)14(18)17(5,6)7;/h10-11,13-14H,9,18H2,1-8H3;1H/b12-10+;/t13-,14-;/m1./s1. The molecule has 6 heteroatoms. The minimum absolute atomic E-state index is 0. The van der Waals surface area contributed by atoms with Crippen molar-refractivity contribution in [3.8, 4) is 0 Å². The van der Waals surface area contributed by atoms with Crippen LogP contribution in [0.15, 0.2) is 11.6 Å². The molecule has 0 fully saturated rings. The molecule has 0 aromatic rings. The van der Waals surface area contributed by atoms with E-state index in [0.29, 0.717) is 12.2 Å². The van der Waals surface area contributed by atoms with Crippen molar-refractivity contribution in [1.29, 1.82) is 0 Å². The van der Waals surface area contributed by atoms with Gasteiger partial charge in [-0.15, -0.1) is 12.4 Å². The van der Waals surface area contributed by atoms with E-state index in [1.54, 1.807) is 31.9 Å². The molecule has 0 spiro atoms. The summed E-state index contributed by atoms with van der Waals surface area (Å²) in [6, 6.07) is -0.791. The van der Waals surface area contributed by atoms with Crippen molar-refractivity contribution in [3.05, 3.63) is 11.6 Å². The highest BCUT2D eigenvalue weighted by molar-refractivity contribution is 5.88. The average Bonchev–Trinajstić information content (AvgIpc) is 2.40. The van der Waals surface area contributed by atoms with Crippen molar-refractivity contribution in [2.75, 3.05) is 13.7 Å². The summed E-state index contributed by atoms with van der Waals surface area (Å²) in [6.45, 7) is 13.6. The molecule has 0 unspecified atom stereocenters. The van der Waals surface area contributed by atoms with Crippen molar-refractivity contribution in [2.45, 2.75) is 60.5 Å². The minimum Gasteiger partial charge on any atom is -0.463 e. The first-order valence-corrected chi connectivity index (χ1v) is 7.81. The molecule has 0 bridgehead atoms. The van der Waals surface area contributed by atoms with Gasteiger partial charge in [0.1, 0.15) is 0 Å². The van der Waals surface area contributed by atoms with Gasteiger partial charge in [0.25, 0.3) is 0 Å². The molecule has 0 aliphatic heterocycles. The van der Waals surface area contributed by atoms with E-state index >= 15 is 0 Å². The smallest absolute Gasteiger partial charge is 0.333 e. The molecular formula is C17H33ClN2O3. The quantitative estimate of drug-likeness (QED) is 0.591. The molecule has 5 nitrogen and oxygen atoms in total. The van der Waals surface area contributed by atoms with Crippen LogP contribution in [0.25, 0.3) is 0 Å². The lowest BCUT2D eigenvalue weighted by molar-refractivity contribution is -0.139. The molecule has 0 aromatic carbocycles. The third kappa shape index (κ3) is 7.36. The zero-order valence-corrected chi connectivity index (χ0v) is 16.5. The fraction of sp³-hybridized carbons (Fsp3) is 0.765. The van der Waals surface area contributed by atoms with Crippen LogP contribution in [0.5, 0.6) is 0 Å². The Morgan fingerprint density at radius 3 is 2.09 bits per heavy atom. The van der Waals surface area contributed by atoms with E-state index in [1.165, 1.54) is 0 Å². The highest BCUT2D eigenvalue weighted by Crippen LogP contribution is 2.22. The summed E-state index contributed by atoms with van der Waals surface area (Å²) in [5.74, 6) is -0.321. The maximum absolute atomic E-state index is 12.6. The SMILES string of the molecule is CCOC(=O)/C(C)=C/[C@H](C(C)C)N(C)C(=O)[C@@H](N)C(C)(C)C.Cl. The minimum atomic E-state index is -0.588. The van der Waals surface area contributed by atoms with Gasteiger partial charge in [-0.1, -0.05) is 40.7 Å². The first-order chi connectivity index (χ1) is 9.93. The highest BCUT2D eigenvalue weighted by Gasteiger charge is 2.33. The lowest BCUT2D eigenvalue weighted by Gasteiger charge is -2.35. The largest absolute Gasteiger partial charge is 0.463 e. The third-order valence-electron chi connectivity index (χ3n) is 3.70. The third-order valence-corrected chi connectivity index (χ3v) is 3.70. The second-order valence-corrected chi connectivity index (χ2v) is 7.10. The van der Waals surface area contributed by atoms with Gasteiger partial charge in [0.2, 0.25) is 5.91 Å². The fourth-order valence-electron chi connectivity index (χ4n) is 2.06. The number of ether oxygens (including phenoxy) is 1.